The van der Waals surface area contributed by atoms with E-state index in [9.17, 15) is 4.79 Å². The second-order valence-corrected chi connectivity index (χ2v) is 4.15. The molecule has 2 rings (SSSR count). The molecule has 1 heterocycles. The van der Waals surface area contributed by atoms with Crippen molar-refractivity contribution < 1.29 is 9.53 Å². The number of ether oxygens (including phenoxy) is 1. The molecule has 0 aliphatic rings. The van der Waals surface area contributed by atoms with Gasteiger partial charge in [-0.3, -0.25) is 9.97 Å². The molecule has 0 fully saturated rings. The van der Waals surface area contributed by atoms with Crippen LogP contribution in [0.25, 0.3) is 11.3 Å². The summed E-state index contributed by atoms with van der Waals surface area (Å²) >= 11 is 0. The Hall–Kier alpha value is -2.27. The van der Waals surface area contributed by atoms with E-state index in [-0.39, 0.29) is 12.0 Å². The third-order valence-corrected chi connectivity index (χ3v) is 2.74. The van der Waals surface area contributed by atoms with Crippen LogP contribution < -0.4 is 5.73 Å². The van der Waals surface area contributed by atoms with Gasteiger partial charge in [0.15, 0.2) is 0 Å². The average molecular weight is 257 g/mol. The van der Waals surface area contributed by atoms with Crippen LogP contribution in [0.5, 0.6) is 0 Å². The van der Waals surface area contributed by atoms with E-state index in [0.717, 1.165) is 17.0 Å². The fourth-order valence-electron chi connectivity index (χ4n) is 1.79. The lowest BCUT2D eigenvalue weighted by Gasteiger charge is -2.10. The molecule has 0 unspecified atom stereocenters. The third kappa shape index (κ3) is 2.77. The van der Waals surface area contributed by atoms with Crippen molar-refractivity contribution in [1.29, 1.82) is 0 Å². The van der Waals surface area contributed by atoms with Crippen LogP contribution in [0, 0.1) is 0 Å². The lowest BCUT2D eigenvalue weighted by atomic mass is 10.0. The van der Waals surface area contributed by atoms with Gasteiger partial charge >= 0.3 is 5.97 Å². The van der Waals surface area contributed by atoms with Gasteiger partial charge in [-0.15, -0.1) is 0 Å². The zero-order valence-electron chi connectivity index (χ0n) is 10.8. The fraction of sp³-hybridized carbons (Fsp3) is 0.214. The summed E-state index contributed by atoms with van der Waals surface area (Å²) in [5, 5.41) is 0. The van der Waals surface area contributed by atoms with Crippen LogP contribution in [-0.2, 0) is 4.74 Å². The molecule has 2 N–H and O–H groups in total. The number of aromatic nitrogens is 2. The first-order valence-electron chi connectivity index (χ1n) is 5.88. The molecule has 1 aromatic heterocycles. The van der Waals surface area contributed by atoms with E-state index in [0.29, 0.717) is 5.56 Å². The van der Waals surface area contributed by atoms with E-state index in [1.54, 1.807) is 24.5 Å². The van der Waals surface area contributed by atoms with Crippen LogP contribution >= 0.6 is 0 Å². The van der Waals surface area contributed by atoms with Gasteiger partial charge in [0.25, 0.3) is 0 Å². The van der Waals surface area contributed by atoms with Crippen LogP contribution in [-0.4, -0.2) is 23.0 Å². The molecule has 0 saturated carbocycles. The number of esters is 1. The number of hydrogen-bond acceptors (Lipinski definition) is 5. The summed E-state index contributed by atoms with van der Waals surface area (Å²) in [4.78, 5) is 19.9. The molecular weight excluding hydrogens is 242 g/mol. The first-order valence-corrected chi connectivity index (χ1v) is 5.88. The van der Waals surface area contributed by atoms with Crippen molar-refractivity contribution in [3.05, 3.63) is 47.9 Å². The van der Waals surface area contributed by atoms with E-state index in [1.807, 2.05) is 19.1 Å². The number of carbonyl (C=O) groups is 1. The van der Waals surface area contributed by atoms with Gasteiger partial charge < -0.3 is 10.5 Å². The van der Waals surface area contributed by atoms with Crippen LogP contribution in [0.2, 0.25) is 0 Å². The maximum Gasteiger partial charge on any atom is 0.337 e. The molecule has 0 spiro atoms. The van der Waals surface area contributed by atoms with Crippen molar-refractivity contribution in [3.63, 3.8) is 0 Å². The normalized spacial score (nSPS) is 11.9. The van der Waals surface area contributed by atoms with Crippen LogP contribution in [0.4, 0.5) is 0 Å². The molecule has 0 bridgehead atoms. The number of rotatable bonds is 3. The Bertz CT molecular complexity index is 579. The quantitative estimate of drug-likeness (QED) is 0.850. The fourth-order valence-corrected chi connectivity index (χ4v) is 1.79. The smallest absolute Gasteiger partial charge is 0.337 e. The number of nitrogens with two attached hydrogens (primary N) is 1. The summed E-state index contributed by atoms with van der Waals surface area (Å²) in [6, 6.07) is 6.80. The van der Waals surface area contributed by atoms with Gasteiger partial charge in [0.1, 0.15) is 0 Å². The molecule has 1 atom stereocenters. The second-order valence-electron chi connectivity index (χ2n) is 4.15. The molecule has 5 heteroatoms. The highest BCUT2D eigenvalue weighted by Gasteiger charge is 2.12. The molecule has 2 aromatic rings. The Morgan fingerprint density at radius 3 is 2.42 bits per heavy atom. The number of carbonyl (C=O) groups excluding carboxylic acids is 1. The standard InChI is InChI=1S/C14H15N3O2/c1-9(15)12-13(17-8-7-16-12)10-3-5-11(6-4-10)14(18)19-2/h3-9H,15H2,1-2H3/t9-/m1/s1. The van der Waals surface area contributed by atoms with E-state index >= 15 is 0 Å². The minimum absolute atomic E-state index is 0.205. The second kappa shape index (κ2) is 5.58. The number of hydrogen-bond donors (Lipinski definition) is 1. The SMILES string of the molecule is COC(=O)c1ccc(-c2nccnc2[C@@H](C)N)cc1. The minimum Gasteiger partial charge on any atom is -0.465 e. The molecule has 5 nitrogen and oxygen atoms in total. The predicted molar refractivity (Wildman–Crippen MR) is 71.4 cm³/mol. The molecule has 0 aliphatic carbocycles. The van der Waals surface area contributed by atoms with Crippen molar-refractivity contribution >= 4 is 5.97 Å². The van der Waals surface area contributed by atoms with Gasteiger partial charge in [-0.25, -0.2) is 4.79 Å². The number of nitrogens with zero attached hydrogens (tertiary/aromatic N) is 2. The lowest BCUT2D eigenvalue weighted by molar-refractivity contribution is 0.0601. The summed E-state index contributed by atoms with van der Waals surface area (Å²) in [6.45, 7) is 1.86. The van der Waals surface area contributed by atoms with E-state index in [1.165, 1.54) is 7.11 Å². The molecule has 0 amide bonds. The largest absolute Gasteiger partial charge is 0.465 e. The molecule has 98 valence electrons. The first kappa shape index (κ1) is 13.2. The van der Waals surface area contributed by atoms with Crippen molar-refractivity contribution in [3.8, 4) is 11.3 Å². The maximum absolute atomic E-state index is 11.4. The highest BCUT2D eigenvalue weighted by molar-refractivity contribution is 5.89. The monoisotopic (exact) mass is 257 g/mol. The van der Waals surface area contributed by atoms with Crippen LogP contribution in [0.1, 0.15) is 29.0 Å². The molecular formula is C14H15N3O2. The van der Waals surface area contributed by atoms with E-state index in [2.05, 4.69) is 14.7 Å². The third-order valence-electron chi connectivity index (χ3n) is 2.74. The first-order chi connectivity index (χ1) is 9.13. The Morgan fingerprint density at radius 1 is 1.21 bits per heavy atom. The average Bonchev–Trinajstić information content (AvgIpc) is 2.46. The van der Waals surface area contributed by atoms with Crippen LogP contribution in [0.3, 0.4) is 0 Å². The Morgan fingerprint density at radius 2 is 1.84 bits per heavy atom. The van der Waals surface area contributed by atoms with Crippen molar-refractivity contribution in [2.45, 2.75) is 13.0 Å². The zero-order valence-corrected chi connectivity index (χ0v) is 10.8. The van der Waals surface area contributed by atoms with Gasteiger partial charge in [-0.1, -0.05) is 12.1 Å². The molecule has 1 aromatic carbocycles. The lowest BCUT2D eigenvalue weighted by Crippen LogP contribution is -2.10. The van der Waals surface area contributed by atoms with Crippen molar-refractivity contribution in [2.75, 3.05) is 7.11 Å². The topological polar surface area (TPSA) is 78.1 Å². The van der Waals surface area contributed by atoms with Gasteiger partial charge in [0, 0.05) is 24.0 Å². The maximum atomic E-state index is 11.4. The number of methoxy groups -OCH3 is 1. The molecule has 19 heavy (non-hydrogen) atoms. The van der Waals surface area contributed by atoms with E-state index in [4.69, 9.17) is 5.73 Å². The highest BCUT2D eigenvalue weighted by Crippen LogP contribution is 2.23. The minimum atomic E-state index is -0.363. The number of benzene rings is 1. The highest BCUT2D eigenvalue weighted by atomic mass is 16.5. The summed E-state index contributed by atoms with van der Waals surface area (Å²) in [5.41, 5.74) is 8.70. The van der Waals surface area contributed by atoms with Gasteiger partial charge in [-0.05, 0) is 19.1 Å². The molecule has 0 aliphatic heterocycles. The molecule has 0 saturated heterocycles. The summed E-state index contributed by atoms with van der Waals surface area (Å²) in [5.74, 6) is -0.363. The molecule has 0 radical (unpaired) electrons. The Kier molecular flexibility index (Phi) is 3.87. The Balaban J connectivity index is 2.40. The van der Waals surface area contributed by atoms with Crippen molar-refractivity contribution in [1.82, 2.24) is 9.97 Å². The summed E-state index contributed by atoms with van der Waals surface area (Å²) < 4.78 is 4.66. The zero-order chi connectivity index (χ0) is 13.8. The Labute approximate surface area is 111 Å². The van der Waals surface area contributed by atoms with Crippen molar-refractivity contribution in [2.24, 2.45) is 5.73 Å². The van der Waals surface area contributed by atoms with Crippen LogP contribution in [0.15, 0.2) is 36.7 Å². The van der Waals surface area contributed by atoms with E-state index < -0.39 is 0 Å². The van der Waals surface area contributed by atoms with Gasteiger partial charge in [-0.2, -0.15) is 0 Å². The predicted octanol–water partition coefficient (Wildman–Crippen LogP) is 1.95. The summed E-state index contributed by atoms with van der Waals surface area (Å²) in [6.07, 6.45) is 3.24. The van der Waals surface area contributed by atoms with Gasteiger partial charge in [0.05, 0.1) is 24.1 Å². The van der Waals surface area contributed by atoms with Gasteiger partial charge in [0.2, 0.25) is 0 Å². The summed E-state index contributed by atoms with van der Waals surface area (Å²) in [7, 11) is 1.35.